The van der Waals surface area contributed by atoms with E-state index >= 15 is 0 Å². The zero-order valence-electron chi connectivity index (χ0n) is 68.9. The summed E-state index contributed by atoms with van der Waals surface area (Å²) < 4.78 is 50.2. The molecule has 35 nitrogen and oxygen atoms in total. The second-order valence-electron chi connectivity index (χ2n) is 29.8. The highest BCUT2D eigenvalue weighted by Gasteiger charge is 2.42. The molecule has 0 saturated carbocycles. The number of ether oxygens (including phenoxy) is 8. The molecule has 122 heavy (non-hydrogen) atoms. The number of carboxylic acids is 1. The summed E-state index contributed by atoms with van der Waals surface area (Å²) in [5, 5.41) is 38.5. The number of hydrogen-bond acceptors (Lipinski definition) is 25. The number of likely N-dealkylation sites (tertiary alicyclic amines) is 1. The number of rotatable bonds is 26. The first-order valence-electron chi connectivity index (χ1n) is 41.1. The van der Waals surface area contributed by atoms with Gasteiger partial charge in [-0.05, 0) is 110 Å². The Balaban J connectivity index is 0.721. The third-order valence-electron chi connectivity index (χ3n) is 21.1. The van der Waals surface area contributed by atoms with E-state index in [1.807, 2.05) is 26.0 Å². The molecule has 0 radical (unpaired) electrons. The number of nitrogens with zero attached hydrogens (tertiary/aromatic N) is 5. The molecule has 2 bridgehead atoms. The van der Waals surface area contributed by atoms with Crippen molar-refractivity contribution in [1.29, 1.82) is 5.41 Å². The molecule has 3 fully saturated rings. The normalized spacial score (nSPS) is 19.8. The Labute approximate surface area is 711 Å². The molecule has 0 aliphatic carbocycles. The molecule has 6 aromatic rings. The first kappa shape index (κ1) is 90.9. The minimum atomic E-state index is -1.71. The van der Waals surface area contributed by atoms with Gasteiger partial charge in [0.05, 0.1) is 108 Å². The van der Waals surface area contributed by atoms with Crippen LogP contribution < -0.4 is 77.2 Å². The number of guanidine groups is 1. The van der Waals surface area contributed by atoms with Crippen LogP contribution in [0.3, 0.4) is 0 Å². The molecule has 6 aliphatic heterocycles. The van der Waals surface area contributed by atoms with Crippen LogP contribution in [0.5, 0.6) is 17.2 Å². The maximum Gasteiger partial charge on any atom is 0.305 e. The van der Waals surface area contributed by atoms with E-state index in [-0.39, 0.29) is 87.7 Å². The number of thioether (sulfide) groups is 1. The standard InChI is InChI=1S/C86H109N15O20S/c1-55-14-19-67-70(47-55)119-39-33-99(34-40-120-71-48-56(2)15-20-68(71)98-31-37-117-44-42-115-35-29-97(67)30-36-116-43-45-118-38-32-98)69-21-16-58(50-72(69)121-46-41-114-3)22-25-89-62-18-17-61-78-59(62)11-7-12-60(78)83(111)101(84(61)112)28-26-90-74(102)23-27-100-76(104)52-73(85(100)113)122-54-66-82(110)94-63(13-8-24-91-86(87)88)79(107)92-53-75(103)93-65(51-77(105)106)81(109)95-64(80(108)96-66)49-57-9-5-4-6-10-57/h4-7,9-12,14-21,47-48,50,63-66,73,89H,8,13,22-46,49,51-54H2,1-3H3,(H,90,102)(H,92,107)(H,93,103)(H,94,110)(H,95,109)(H,96,108)(H,105,106)(H4,87,88,91)/t63-,64-,65+,66?,73?/m0/s1. The van der Waals surface area contributed by atoms with Gasteiger partial charge in [0, 0.05) is 119 Å². The summed E-state index contributed by atoms with van der Waals surface area (Å²) >= 11 is 0.836. The van der Waals surface area contributed by atoms with Crippen molar-refractivity contribution < 1.29 is 95.7 Å². The summed E-state index contributed by atoms with van der Waals surface area (Å²) in [5.74, 6) is -7.96. The molecule has 5 atom stereocenters. The van der Waals surface area contributed by atoms with Gasteiger partial charge >= 0.3 is 5.97 Å². The Kier molecular flexibility index (Phi) is 34.1. The van der Waals surface area contributed by atoms with Gasteiger partial charge in [0.2, 0.25) is 47.3 Å². The first-order valence-corrected chi connectivity index (χ1v) is 42.1. The second kappa shape index (κ2) is 45.7. The number of methoxy groups -OCH3 is 1. The quantitative estimate of drug-likeness (QED) is 0.0122. The molecule has 654 valence electrons. The molecule has 12 rings (SSSR count). The summed E-state index contributed by atoms with van der Waals surface area (Å²) in [6.07, 6.45) is -1.21. The number of aryl methyl sites for hydroxylation is 2. The molecule has 12 N–H and O–H groups in total. The summed E-state index contributed by atoms with van der Waals surface area (Å²) in [7, 11) is 1.62. The molecule has 0 spiro atoms. The third kappa shape index (κ3) is 25.9. The highest BCUT2D eigenvalue weighted by molar-refractivity contribution is 8.00. The molecular weight excluding hydrogens is 1600 g/mol. The minimum absolute atomic E-state index is 0.0886. The summed E-state index contributed by atoms with van der Waals surface area (Å²) in [6, 6.07) is 29.6. The molecule has 0 aromatic heterocycles. The fourth-order valence-electron chi connectivity index (χ4n) is 14.7. The van der Waals surface area contributed by atoms with Crippen molar-refractivity contribution in [3.63, 3.8) is 0 Å². The van der Waals surface area contributed by atoms with E-state index in [2.05, 4.69) is 106 Å². The van der Waals surface area contributed by atoms with Crippen molar-refractivity contribution in [2.45, 2.75) is 88.2 Å². The number of aliphatic carboxylic acids is 1. The van der Waals surface area contributed by atoms with E-state index in [0.29, 0.717) is 153 Å². The zero-order chi connectivity index (χ0) is 86.4. The molecular formula is C86H109N15O20S. The van der Waals surface area contributed by atoms with E-state index in [1.165, 1.54) is 0 Å². The molecule has 6 heterocycles. The van der Waals surface area contributed by atoms with Crippen molar-refractivity contribution >= 4 is 116 Å². The van der Waals surface area contributed by atoms with E-state index < -0.39 is 107 Å². The lowest BCUT2D eigenvalue weighted by molar-refractivity contribution is -0.141. The van der Waals surface area contributed by atoms with Gasteiger partial charge in [0.25, 0.3) is 11.8 Å². The van der Waals surface area contributed by atoms with Crippen LogP contribution in [0, 0.1) is 19.3 Å². The highest BCUT2D eigenvalue weighted by Crippen LogP contribution is 2.37. The molecule has 3 saturated heterocycles. The lowest BCUT2D eigenvalue weighted by atomic mass is 9.93. The molecule has 10 amide bonds. The van der Waals surface area contributed by atoms with Crippen molar-refractivity contribution in [2.75, 3.05) is 191 Å². The van der Waals surface area contributed by atoms with Gasteiger partial charge < -0.3 is 106 Å². The summed E-state index contributed by atoms with van der Waals surface area (Å²) in [4.78, 5) is 160. The number of hydrogen-bond donors (Lipinski definition) is 11. The Morgan fingerprint density at radius 1 is 0.582 bits per heavy atom. The van der Waals surface area contributed by atoms with Crippen LogP contribution in [0.15, 0.2) is 115 Å². The number of anilines is 4. The van der Waals surface area contributed by atoms with Gasteiger partial charge in [0.15, 0.2) is 5.96 Å². The molecule has 36 heteroatoms. The molecule has 6 aliphatic rings. The lowest BCUT2D eigenvalue weighted by Gasteiger charge is -2.30. The lowest BCUT2D eigenvalue weighted by Crippen LogP contribution is -2.59. The van der Waals surface area contributed by atoms with Gasteiger partial charge in [-0.25, -0.2) is 0 Å². The minimum Gasteiger partial charge on any atom is -0.490 e. The zero-order valence-corrected chi connectivity index (χ0v) is 69.7. The van der Waals surface area contributed by atoms with Gasteiger partial charge in [-0.1, -0.05) is 60.7 Å². The topological polar surface area (TPSA) is 444 Å². The van der Waals surface area contributed by atoms with Crippen molar-refractivity contribution in [2.24, 2.45) is 5.73 Å². The third-order valence-corrected chi connectivity index (χ3v) is 22.3. The largest absolute Gasteiger partial charge is 0.490 e. The Morgan fingerprint density at radius 2 is 1.17 bits per heavy atom. The monoisotopic (exact) mass is 1700 g/mol. The fraction of sp³-hybridized carbons (Fsp3) is 0.465. The number of benzene rings is 6. The van der Waals surface area contributed by atoms with Gasteiger partial charge in [-0.3, -0.25) is 67.9 Å². The average Bonchev–Trinajstić information content (AvgIpc) is 0.816. The summed E-state index contributed by atoms with van der Waals surface area (Å²) in [5.41, 5.74) is 13.0. The van der Waals surface area contributed by atoms with E-state index in [1.54, 1.807) is 61.7 Å². The predicted molar refractivity (Wildman–Crippen MR) is 456 cm³/mol. The Hall–Kier alpha value is -11.8. The average molecular weight is 1700 g/mol. The number of amides is 10. The number of carbonyl (C=O) groups excluding carboxylic acids is 10. The van der Waals surface area contributed by atoms with Crippen LogP contribution in [0.4, 0.5) is 22.7 Å². The van der Waals surface area contributed by atoms with Crippen LogP contribution >= 0.6 is 11.8 Å². The smallest absolute Gasteiger partial charge is 0.305 e. The van der Waals surface area contributed by atoms with E-state index in [4.69, 9.17) is 49.0 Å². The van der Waals surface area contributed by atoms with Crippen LogP contribution in [-0.4, -0.2) is 286 Å². The maximum absolute atomic E-state index is 14.4. The van der Waals surface area contributed by atoms with Crippen LogP contribution in [0.2, 0.25) is 0 Å². The van der Waals surface area contributed by atoms with Crippen LogP contribution in [-0.2, 0) is 79.7 Å². The van der Waals surface area contributed by atoms with Gasteiger partial charge in [-0.2, -0.15) is 0 Å². The number of carboxylic acid groups (broad SMARTS) is 1. The second-order valence-corrected chi connectivity index (χ2v) is 31.1. The van der Waals surface area contributed by atoms with Gasteiger partial charge in [0.1, 0.15) is 61.2 Å². The number of fused-ring (bicyclic) bond motifs is 20. The number of carbonyl (C=O) groups is 11. The molecule has 2 unspecified atom stereocenters. The van der Waals surface area contributed by atoms with Crippen molar-refractivity contribution in [3.05, 3.63) is 149 Å². The van der Waals surface area contributed by atoms with Crippen LogP contribution in [0.1, 0.15) is 75.1 Å². The van der Waals surface area contributed by atoms with Crippen LogP contribution in [0.25, 0.3) is 10.8 Å². The highest BCUT2D eigenvalue weighted by atomic mass is 32.2. The SMILES string of the molecule is COCCOc1cc(CCNc2ccc3c4c(cccc24)C(=O)N(CCNC(=O)CCN2C(=O)CC(SCC4NC(=O)[C@H](Cc5ccccc5)NC(=O)[C@@H](CC(=O)O)NC(=O)CNC(=O)[C@H](CCCNC(=N)N)NC4=O)C2=O)C3=O)ccc1N1CCOc2cc(C)ccc2N2CCOCCOCCN(CCOCCOCC2)c2ccc(C)cc2OCC1. The Bertz CT molecular complexity index is 4580. The number of nitrogens with one attached hydrogen (secondary N) is 9. The maximum atomic E-state index is 14.4. The van der Waals surface area contributed by atoms with E-state index in [0.717, 1.165) is 66.8 Å². The number of imide groups is 2. The fourth-order valence-corrected chi connectivity index (χ4v) is 15.9. The van der Waals surface area contributed by atoms with Crippen molar-refractivity contribution in [3.8, 4) is 17.2 Å². The first-order chi connectivity index (χ1) is 59.1. The predicted octanol–water partition coefficient (Wildman–Crippen LogP) is 2.82. The van der Waals surface area contributed by atoms with E-state index in [9.17, 15) is 57.8 Å². The van der Waals surface area contributed by atoms with Crippen molar-refractivity contribution in [1.82, 2.24) is 47.0 Å². The molecule has 6 aromatic carbocycles. The Morgan fingerprint density at radius 3 is 1.80 bits per heavy atom. The number of nitrogens with two attached hydrogens (primary N) is 1. The van der Waals surface area contributed by atoms with Gasteiger partial charge in [-0.15, -0.1) is 11.8 Å². The summed E-state index contributed by atoms with van der Waals surface area (Å²) in [6.45, 7) is 11.3.